The van der Waals surface area contributed by atoms with Crippen molar-refractivity contribution >= 4 is 29.2 Å². The van der Waals surface area contributed by atoms with Gasteiger partial charge in [-0.3, -0.25) is 29.9 Å². The van der Waals surface area contributed by atoms with Crippen LogP contribution >= 0.6 is 0 Å². The molecule has 0 aliphatic carbocycles. The van der Waals surface area contributed by atoms with E-state index in [9.17, 15) is 23.2 Å². The van der Waals surface area contributed by atoms with Crippen LogP contribution in [-0.2, 0) is 14.4 Å². The van der Waals surface area contributed by atoms with Gasteiger partial charge in [-0.05, 0) is 14.1 Å². The molecule has 1 aliphatic rings. The number of alkyl halides is 2. The van der Waals surface area contributed by atoms with Crippen LogP contribution in [0.2, 0.25) is 0 Å². The van der Waals surface area contributed by atoms with Gasteiger partial charge >= 0.3 is 11.9 Å². The smallest absolute Gasteiger partial charge is 0.308 e. The second-order valence-electron chi connectivity index (χ2n) is 6.03. The topological polar surface area (TPSA) is 121 Å². The van der Waals surface area contributed by atoms with E-state index in [-0.39, 0.29) is 17.2 Å². The summed E-state index contributed by atoms with van der Waals surface area (Å²) >= 11 is 0. The molecule has 160 valence electrons. The van der Waals surface area contributed by atoms with Crippen molar-refractivity contribution in [3.8, 4) is 11.5 Å². The molecule has 4 N–H and O–H groups in total. The molecule has 0 radical (unpaired) electrons. The Labute approximate surface area is 165 Å². The van der Waals surface area contributed by atoms with Crippen LogP contribution < -0.4 is 35.6 Å². The Morgan fingerprint density at radius 2 is 1.90 bits per heavy atom. The summed E-state index contributed by atoms with van der Waals surface area (Å²) in [6, 6.07) is 2.85. The van der Waals surface area contributed by atoms with Crippen LogP contribution in [0.5, 0.6) is 11.5 Å². The number of carbonyl (C=O) groups is 3. The molecule has 0 atom stereocenters. The first-order valence-electron chi connectivity index (χ1n) is 8.65. The van der Waals surface area contributed by atoms with Crippen molar-refractivity contribution in [3.63, 3.8) is 0 Å². The number of halogens is 2. The second kappa shape index (κ2) is 9.01. The number of rotatable bonds is 8. The Morgan fingerprint density at radius 3 is 2.41 bits per heavy atom. The van der Waals surface area contributed by atoms with Gasteiger partial charge in [0.05, 0.1) is 17.9 Å². The van der Waals surface area contributed by atoms with E-state index in [1.165, 1.54) is 33.2 Å². The molecular formula is C17H23F2N5O5. The average Bonchev–Trinajstić information content (AvgIpc) is 2.68. The summed E-state index contributed by atoms with van der Waals surface area (Å²) < 4.78 is 35.7. The van der Waals surface area contributed by atoms with E-state index >= 15 is 0 Å². The molecule has 0 spiro atoms. The first-order chi connectivity index (χ1) is 13.7. The molecule has 1 aliphatic heterocycles. The monoisotopic (exact) mass is 415 g/mol. The number of amides is 2. The molecule has 2 amide bonds. The van der Waals surface area contributed by atoms with E-state index in [2.05, 4.69) is 21.3 Å². The van der Waals surface area contributed by atoms with E-state index in [0.717, 1.165) is 4.90 Å². The number of nitrogens with one attached hydrogen (secondary N) is 4. The van der Waals surface area contributed by atoms with E-state index in [1.54, 1.807) is 7.05 Å². The van der Waals surface area contributed by atoms with Gasteiger partial charge in [0.25, 0.3) is 12.3 Å². The standard InChI is InChI=1S/C17H23F2N5O5/c1-9(25)28-12-6-11-13(5-10(12)20-2)29-17(21-3,22-4)16(27)24(11)8-15(26)23-7-14(18)19/h5-6,14,20-22H,7-8H2,1-4H3,(H,23,26). The SMILES string of the molecule is CNc1cc2c(cc1OC(C)=O)N(CC(=O)NCC(F)F)C(=O)C(NC)(NC)O2. The Balaban J connectivity index is 2.51. The van der Waals surface area contributed by atoms with E-state index in [0.29, 0.717) is 5.69 Å². The molecule has 0 fully saturated rings. The fraction of sp³-hybridized carbons (Fsp3) is 0.471. The van der Waals surface area contributed by atoms with Crippen molar-refractivity contribution in [2.45, 2.75) is 19.2 Å². The highest BCUT2D eigenvalue weighted by Gasteiger charge is 2.47. The molecule has 29 heavy (non-hydrogen) atoms. The number of fused-ring (bicyclic) bond motifs is 1. The number of anilines is 2. The first kappa shape index (κ1) is 22.3. The molecule has 2 rings (SSSR count). The van der Waals surface area contributed by atoms with E-state index in [1.807, 2.05) is 0 Å². The lowest BCUT2D eigenvalue weighted by molar-refractivity contribution is -0.142. The van der Waals surface area contributed by atoms with Crippen molar-refractivity contribution in [2.24, 2.45) is 0 Å². The normalized spacial score (nSPS) is 14.9. The number of likely N-dealkylation sites (N-methyl/N-ethyl adjacent to an activating group) is 2. The quantitative estimate of drug-likeness (QED) is 0.263. The summed E-state index contributed by atoms with van der Waals surface area (Å²) in [7, 11) is 4.54. The zero-order valence-electron chi connectivity index (χ0n) is 16.4. The third kappa shape index (κ3) is 4.71. The number of hydrogen-bond acceptors (Lipinski definition) is 8. The van der Waals surface area contributed by atoms with Gasteiger partial charge < -0.3 is 20.1 Å². The fourth-order valence-corrected chi connectivity index (χ4v) is 2.77. The molecule has 0 unspecified atom stereocenters. The highest BCUT2D eigenvalue weighted by molar-refractivity contribution is 6.06. The van der Waals surface area contributed by atoms with Crippen molar-refractivity contribution < 1.29 is 32.6 Å². The number of benzene rings is 1. The summed E-state index contributed by atoms with van der Waals surface area (Å²) in [5.74, 6) is -3.47. The number of esters is 1. The number of nitrogens with zero attached hydrogens (tertiary/aromatic N) is 1. The summed E-state index contributed by atoms with van der Waals surface area (Å²) in [6.45, 7) is -0.181. The van der Waals surface area contributed by atoms with Gasteiger partial charge in [0.1, 0.15) is 12.3 Å². The largest absolute Gasteiger partial charge is 0.448 e. The maximum absolute atomic E-state index is 13.1. The maximum atomic E-state index is 13.1. The summed E-state index contributed by atoms with van der Waals surface area (Å²) in [5, 5.41) is 10.3. The van der Waals surface area contributed by atoms with Crippen molar-refractivity contribution in [1.82, 2.24) is 16.0 Å². The Bertz CT molecular complexity index is 801. The van der Waals surface area contributed by atoms with Gasteiger partial charge in [-0.15, -0.1) is 0 Å². The van der Waals surface area contributed by atoms with Crippen LogP contribution in [0.1, 0.15) is 6.92 Å². The molecular weight excluding hydrogens is 392 g/mol. The molecule has 10 nitrogen and oxygen atoms in total. The van der Waals surface area contributed by atoms with E-state index < -0.39 is 43.1 Å². The van der Waals surface area contributed by atoms with Crippen LogP contribution in [0.15, 0.2) is 12.1 Å². The minimum atomic E-state index is -2.73. The predicted molar refractivity (Wildman–Crippen MR) is 100 cm³/mol. The van der Waals surface area contributed by atoms with Crippen LogP contribution in [0.25, 0.3) is 0 Å². The highest BCUT2D eigenvalue weighted by atomic mass is 19.3. The molecule has 0 saturated heterocycles. The zero-order chi connectivity index (χ0) is 21.8. The molecule has 0 saturated carbocycles. The van der Waals surface area contributed by atoms with Gasteiger partial charge in [0.2, 0.25) is 5.91 Å². The maximum Gasteiger partial charge on any atom is 0.308 e. The first-order valence-corrected chi connectivity index (χ1v) is 8.65. The minimum absolute atomic E-state index is 0.106. The summed E-state index contributed by atoms with van der Waals surface area (Å²) in [4.78, 5) is 37.6. The molecule has 12 heteroatoms. The molecule has 1 aromatic rings. The van der Waals surface area contributed by atoms with Crippen LogP contribution in [-0.4, -0.2) is 64.3 Å². The minimum Gasteiger partial charge on any atom is -0.448 e. The lowest BCUT2D eigenvalue weighted by atomic mass is 10.1. The molecule has 0 aromatic heterocycles. The van der Waals surface area contributed by atoms with Crippen molar-refractivity contribution in [1.29, 1.82) is 0 Å². The lowest BCUT2D eigenvalue weighted by Gasteiger charge is -2.41. The summed E-state index contributed by atoms with van der Waals surface area (Å²) in [5.41, 5.74) is 0.537. The third-order valence-electron chi connectivity index (χ3n) is 4.14. The number of ether oxygens (including phenoxy) is 2. The van der Waals surface area contributed by atoms with Gasteiger partial charge in [-0.1, -0.05) is 0 Å². The Hall–Kier alpha value is -2.99. The highest BCUT2D eigenvalue weighted by Crippen LogP contribution is 2.43. The summed E-state index contributed by atoms with van der Waals surface area (Å²) in [6.07, 6.45) is -2.73. The fourth-order valence-electron chi connectivity index (χ4n) is 2.77. The second-order valence-corrected chi connectivity index (χ2v) is 6.03. The number of carbonyl (C=O) groups excluding carboxylic acids is 3. The van der Waals surface area contributed by atoms with Gasteiger partial charge in [0, 0.05) is 26.1 Å². The molecule has 1 heterocycles. The van der Waals surface area contributed by atoms with Crippen LogP contribution in [0, 0.1) is 0 Å². The zero-order valence-corrected chi connectivity index (χ0v) is 16.4. The van der Waals surface area contributed by atoms with E-state index in [4.69, 9.17) is 9.47 Å². The van der Waals surface area contributed by atoms with Crippen LogP contribution in [0.4, 0.5) is 20.2 Å². The number of hydrogen-bond donors (Lipinski definition) is 4. The Morgan fingerprint density at radius 1 is 1.24 bits per heavy atom. The Kier molecular flexibility index (Phi) is 6.93. The average molecular weight is 415 g/mol. The van der Waals surface area contributed by atoms with Gasteiger partial charge in [-0.25, -0.2) is 8.78 Å². The van der Waals surface area contributed by atoms with Crippen LogP contribution in [0.3, 0.4) is 0 Å². The third-order valence-corrected chi connectivity index (χ3v) is 4.14. The van der Waals surface area contributed by atoms with Gasteiger partial charge in [-0.2, -0.15) is 0 Å². The van der Waals surface area contributed by atoms with Gasteiger partial charge in [0.15, 0.2) is 5.75 Å². The molecule has 0 bridgehead atoms. The molecule has 1 aromatic carbocycles. The predicted octanol–water partition coefficient (Wildman–Crippen LogP) is -0.147. The lowest BCUT2D eigenvalue weighted by Crippen LogP contribution is -2.70. The van der Waals surface area contributed by atoms with Crippen molar-refractivity contribution in [2.75, 3.05) is 44.4 Å². The van der Waals surface area contributed by atoms with Crippen molar-refractivity contribution in [3.05, 3.63) is 12.1 Å².